The van der Waals surface area contributed by atoms with Gasteiger partial charge in [-0.25, -0.2) is 14.4 Å². The molecule has 0 aliphatic heterocycles. The molecule has 0 aliphatic carbocycles. The second-order valence-electron chi connectivity index (χ2n) is 5.82. The molecule has 0 saturated carbocycles. The molecule has 3 nitrogen and oxygen atoms in total. The Balaban J connectivity index is 1.72. The van der Waals surface area contributed by atoms with Crippen LogP contribution in [0.3, 0.4) is 0 Å². The quantitative estimate of drug-likeness (QED) is 0.535. The van der Waals surface area contributed by atoms with E-state index in [0.29, 0.717) is 12.4 Å². The number of anilines is 1. The number of benzene rings is 2. The molecule has 0 saturated heterocycles. The van der Waals surface area contributed by atoms with Gasteiger partial charge in [0.25, 0.3) is 0 Å². The van der Waals surface area contributed by atoms with E-state index in [1.165, 1.54) is 17.0 Å². The first-order valence-electron chi connectivity index (χ1n) is 8.01. The molecule has 0 unspecified atom stereocenters. The van der Waals surface area contributed by atoms with E-state index in [4.69, 9.17) is 9.97 Å². The summed E-state index contributed by atoms with van der Waals surface area (Å²) >= 11 is 1.66. The third-order valence-corrected chi connectivity index (χ3v) is 4.87. The number of fused-ring (bicyclic) bond motifs is 1. The Morgan fingerprint density at radius 2 is 1.76 bits per heavy atom. The maximum atomic E-state index is 13.1. The van der Waals surface area contributed by atoms with E-state index in [2.05, 4.69) is 18.3 Å². The van der Waals surface area contributed by atoms with Crippen molar-refractivity contribution in [3.8, 4) is 11.4 Å². The van der Waals surface area contributed by atoms with Crippen LogP contribution in [0, 0.1) is 12.7 Å². The maximum absolute atomic E-state index is 13.1. The Bertz CT molecular complexity index is 1010. The van der Waals surface area contributed by atoms with Crippen LogP contribution in [0.15, 0.2) is 60.7 Å². The second-order valence-corrected chi connectivity index (χ2v) is 7.05. The lowest BCUT2D eigenvalue weighted by Gasteiger charge is -2.09. The molecule has 2 aromatic carbocycles. The molecule has 2 aromatic heterocycles. The SMILES string of the molecule is Cc1cc2c(NCc3ccc(F)cc3)nc(-c3ccccc3)nc2s1. The van der Waals surface area contributed by atoms with Crippen molar-refractivity contribution < 1.29 is 4.39 Å². The van der Waals surface area contributed by atoms with Gasteiger partial charge in [-0.2, -0.15) is 0 Å². The molecule has 0 spiro atoms. The Kier molecular flexibility index (Phi) is 4.15. The van der Waals surface area contributed by atoms with Crippen LogP contribution in [0.4, 0.5) is 10.2 Å². The lowest BCUT2D eigenvalue weighted by molar-refractivity contribution is 0.627. The van der Waals surface area contributed by atoms with E-state index in [0.717, 1.165) is 27.2 Å². The molecule has 0 aliphatic rings. The van der Waals surface area contributed by atoms with Crippen LogP contribution >= 0.6 is 11.3 Å². The first-order valence-corrected chi connectivity index (χ1v) is 8.82. The summed E-state index contributed by atoms with van der Waals surface area (Å²) in [5, 5.41) is 4.40. The van der Waals surface area contributed by atoms with Crippen molar-refractivity contribution in [1.82, 2.24) is 9.97 Å². The number of nitrogens with zero attached hydrogens (tertiary/aromatic N) is 2. The van der Waals surface area contributed by atoms with Crippen molar-refractivity contribution in [1.29, 1.82) is 0 Å². The van der Waals surface area contributed by atoms with Crippen LogP contribution in [0.2, 0.25) is 0 Å². The fourth-order valence-electron chi connectivity index (χ4n) is 2.68. The number of halogens is 1. The maximum Gasteiger partial charge on any atom is 0.163 e. The zero-order valence-corrected chi connectivity index (χ0v) is 14.5. The summed E-state index contributed by atoms with van der Waals surface area (Å²) < 4.78 is 13.1. The summed E-state index contributed by atoms with van der Waals surface area (Å²) in [5.41, 5.74) is 1.99. The van der Waals surface area contributed by atoms with E-state index in [-0.39, 0.29) is 5.82 Å². The third-order valence-electron chi connectivity index (χ3n) is 3.92. The Morgan fingerprint density at radius 3 is 2.52 bits per heavy atom. The minimum atomic E-state index is -0.229. The van der Waals surface area contributed by atoms with Gasteiger partial charge in [0.05, 0.1) is 5.39 Å². The van der Waals surface area contributed by atoms with Gasteiger partial charge in [0, 0.05) is 17.0 Å². The molecule has 5 heteroatoms. The van der Waals surface area contributed by atoms with Gasteiger partial charge in [-0.1, -0.05) is 42.5 Å². The number of thiophene rings is 1. The number of hydrogen-bond acceptors (Lipinski definition) is 4. The molecule has 0 radical (unpaired) electrons. The summed E-state index contributed by atoms with van der Waals surface area (Å²) in [4.78, 5) is 11.6. The fourth-order valence-corrected chi connectivity index (χ4v) is 3.56. The van der Waals surface area contributed by atoms with Crippen molar-refractivity contribution in [2.24, 2.45) is 0 Å². The van der Waals surface area contributed by atoms with Crippen LogP contribution in [0.1, 0.15) is 10.4 Å². The Morgan fingerprint density at radius 1 is 1.00 bits per heavy atom. The first kappa shape index (κ1) is 15.7. The standard InChI is InChI=1S/C20H16FN3S/c1-13-11-17-19(22-12-14-7-9-16(21)10-8-14)23-18(24-20(17)25-13)15-5-3-2-4-6-15/h2-11H,12H2,1H3,(H,22,23,24). The predicted octanol–water partition coefficient (Wildman–Crippen LogP) is 5.42. The molecular formula is C20H16FN3S. The number of hydrogen-bond donors (Lipinski definition) is 1. The van der Waals surface area contributed by atoms with Crippen LogP contribution in [0.5, 0.6) is 0 Å². The average Bonchev–Trinajstić information content (AvgIpc) is 3.02. The zero-order chi connectivity index (χ0) is 17.2. The highest BCUT2D eigenvalue weighted by Crippen LogP contribution is 2.31. The van der Waals surface area contributed by atoms with E-state index in [1.54, 1.807) is 23.5 Å². The number of rotatable bonds is 4. The molecule has 0 fully saturated rings. The van der Waals surface area contributed by atoms with Crippen molar-refractivity contribution in [3.63, 3.8) is 0 Å². The Hall–Kier alpha value is -2.79. The van der Waals surface area contributed by atoms with Crippen LogP contribution < -0.4 is 5.32 Å². The second kappa shape index (κ2) is 6.61. The average molecular weight is 349 g/mol. The van der Waals surface area contributed by atoms with E-state index < -0.39 is 0 Å². The van der Waals surface area contributed by atoms with Crippen molar-refractivity contribution in [2.45, 2.75) is 13.5 Å². The van der Waals surface area contributed by atoms with Crippen LogP contribution in [0.25, 0.3) is 21.6 Å². The number of nitrogens with one attached hydrogen (secondary N) is 1. The summed E-state index contributed by atoms with van der Waals surface area (Å²) in [6.45, 7) is 2.65. The smallest absolute Gasteiger partial charge is 0.163 e. The van der Waals surface area contributed by atoms with Crippen molar-refractivity contribution in [2.75, 3.05) is 5.32 Å². The molecular weight excluding hydrogens is 333 g/mol. The monoisotopic (exact) mass is 349 g/mol. The Labute approximate surface area is 149 Å². The minimum Gasteiger partial charge on any atom is -0.365 e. The number of aromatic nitrogens is 2. The lowest BCUT2D eigenvalue weighted by Crippen LogP contribution is -2.03. The molecule has 1 N–H and O–H groups in total. The third kappa shape index (κ3) is 3.37. The fraction of sp³-hybridized carbons (Fsp3) is 0.100. The molecule has 124 valence electrons. The van der Waals surface area contributed by atoms with Gasteiger partial charge in [-0.15, -0.1) is 11.3 Å². The highest BCUT2D eigenvalue weighted by Gasteiger charge is 2.11. The highest BCUT2D eigenvalue weighted by atomic mass is 32.1. The molecule has 2 heterocycles. The molecule has 25 heavy (non-hydrogen) atoms. The van der Waals surface area contributed by atoms with Gasteiger partial charge >= 0.3 is 0 Å². The topological polar surface area (TPSA) is 37.8 Å². The van der Waals surface area contributed by atoms with Crippen LogP contribution in [-0.4, -0.2) is 9.97 Å². The van der Waals surface area contributed by atoms with Gasteiger partial charge in [0.2, 0.25) is 0 Å². The predicted molar refractivity (Wildman–Crippen MR) is 101 cm³/mol. The normalized spacial score (nSPS) is 11.0. The van der Waals surface area contributed by atoms with Gasteiger partial charge < -0.3 is 5.32 Å². The molecule has 0 atom stereocenters. The van der Waals surface area contributed by atoms with Crippen molar-refractivity contribution >= 4 is 27.4 Å². The molecule has 0 bridgehead atoms. The summed E-state index contributed by atoms with van der Waals surface area (Å²) in [7, 11) is 0. The summed E-state index contributed by atoms with van der Waals surface area (Å²) in [6, 6.07) is 18.5. The largest absolute Gasteiger partial charge is 0.365 e. The zero-order valence-electron chi connectivity index (χ0n) is 13.7. The summed E-state index contributed by atoms with van der Waals surface area (Å²) in [6.07, 6.45) is 0. The molecule has 4 rings (SSSR count). The van der Waals surface area contributed by atoms with Crippen LogP contribution in [-0.2, 0) is 6.54 Å². The molecule has 0 amide bonds. The number of aryl methyl sites for hydroxylation is 1. The van der Waals surface area contributed by atoms with Gasteiger partial charge in [0.15, 0.2) is 5.82 Å². The van der Waals surface area contributed by atoms with Gasteiger partial charge in [-0.05, 0) is 30.7 Å². The molecule has 4 aromatic rings. The van der Waals surface area contributed by atoms with Crippen molar-refractivity contribution in [3.05, 3.63) is 76.9 Å². The van der Waals surface area contributed by atoms with E-state index >= 15 is 0 Å². The summed E-state index contributed by atoms with van der Waals surface area (Å²) in [5.74, 6) is 1.28. The van der Waals surface area contributed by atoms with E-state index in [1.807, 2.05) is 30.3 Å². The highest BCUT2D eigenvalue weighted by molar-refractivity contribution is 7.18. The van der Waals surface area contributed by atoms with Gasteiger partial charge in [0.1, 0.15) is 16.5 Å². The van der Waals surface area contributed by atoms with E-state index in [9.17, 15) is 4.39 Å². The first-order chi connectivity index (χ1) is 12.2. The minimum absolute atomic E-state index is 0.229. The van der Waals surface area contributed by atoms with Gasteiger partial charge in [-0.3, -0.25) is 0 Å². The lowest BCUT2D eigenvalue weighted by atomic mass is 10.2.